The van der Waals surface area contributed by atoms with Gasteiger partial charge in [-0.15, -0.1) is 0 Å². The van der Waals surface area contributed by atoms with Gasteiger partial charge >= 0.3 is 0 Å². The molecule has 2 aromatic rings. The minimum atomic E-state index is -0.254. The molecule has 0 aromatic heterocycles. The van der Waals surface area contributed by atoms with Crippen LogP contribution in [0.4, 0.5) is 11.4 Å². The molecular weight excluding hydrogens is 404 g/mol. The van der Waals surface area contributed by atoms with Crippen LogP contribution in [0.3, 0.4) is 0 Å². The van der Waals surface area contributed by atoms with Crippen molar-refractivity contribution in [2.24, 2.45) is 35.5 Å². The summed E-state index contributed by atoms with van der Waals surface area (Å²) in [5, 5.41) is 2.85. The van der Waals surface area contributed by atoms with Crippen molar-refractivity contribution in [1.82, 2.24) is 0 Å². The number of allylic oxidation sites excluding steroid dienone is 2. The zero-order chi connectivity index (χ0) is 22.0. The third kappa shape index (κ3) is 2.82. The van der Waals surface area contributed by atoms with E-state index in [1.54, 1.807) is 48.5 Å². The van der Waals surface area contributed by atoms with Crippen molar-refractivity contribution in [3.05, 3.63) is 66.2 Å². The molecule has 2 saturated carbocycles. The molecule has 3 amide bonds. The number of hydrogen-bond donors (Lipinski definition) is 1. The van der Waals surface area contributed by atoms with Crippen molar-refractivity contribution in [2.75, 3.05) is 16.8 Å². The lowest BCUT2D eigenvalue weighted by Gasteiger charge is -2.37. The molecule has 5 aliphatic rings. The van der Waals surface area contributed by atoms with E-state index in [9.17, 15) is 14.4 Å². The Morgan fingerprint density at radius 3 is 2.09 bits per heavy atom. The van der Waals surface area contributed by atoms with Gasteiger partial charge in [-0.3, -0.25) is 19.3 Å². The summed E-state index contributed by atoms with van der Waals surface area (Å²) in [7, 11) is 0. The first kappa shape index (κ1) is 19.3. The average molecular weight is 428 g/mol. The normalized spacial score (nSPS) is 31.3. The first-order valence-corrected chi connectivity index (χ1v) is 11.3. The molecule has 2 aromatic carbocycles. The van der Waals surface area contributed by atoms with Gasteiger partial charge in [-0.05, 0) is 85.5 Å². The van der Waals surface area contributed by atoms with Crippen LogP contribution in [0.15, 0.2) is 60.7 Å². The molecule has 6 nitrogen and oxygen atoms in total. The van der Waals surface area contributed by atoms with Gasteiger partial charge in [0.15, 0.2) is 0 Å². The van der Waals surface area contributed by atoms with Gasteiger partial charge in [-0.1, -0.05) is 12.2 Å². The summed E-state index contributed by atoms with van der Waals surface area (Å²) in [5.74, 6) is 1.45. The van der Waals surface area contributed by atoms with Gasteiger partial charge in [-0.2, -0.15) is 0 Å². The Bertz CT molecular complexity index is 1100. The van der Waals surface area contributed by atoms with Gasteiger partial charge in [0.1, 0.15) is 5.75 Å². The largest absolute Gasteiger partial charge is 0.494 e. The summed E-state index contributed by atoms with van der Waals surface area (Å²) in [6.45, 7) is 2.50. The highest BCUT2D eigenvalue weighted by Gasteiger charge is 2.67. The van der Waals surface area contributed by atoms with Crippen LogP contribution >= 0.6 is 0 Å². The first-order chi connectivity index (χ1) is 15.6. The number of nitrogens with zero attached hydrogens (tertiary/aromatic N) is 1. The van der Waals surface area contributed by atoms with Crippen molar-refractivity contribution in [1.29, 1.82) is 0 Å². The lowest BCUT2D eigenvalue weighted by Crippen LogP contribution is -2.40. The molecular formula is C26H24N2O4. The molecule has 6 heteroatoms. The Kier molecular flexibility index (Phi) is 4.25. The maximum absolute atomic E-state index is 13.2. The van der Waals surface area contributed by atoms with E-state index in [4.69, 9.17) is 4.74 Å². The Morgan fingerprint density at radius 1 is 0.938 bits per heavy atom. The predicted molar refractivity (Wildman–Crippen MR) is 119 cm³/mol. The number of carbonyl (C=O) groups is 3. The van der Waals surface area contributed by atoms with Crippen LogP contribution < -0.4 is 15.0 Å². The van der Waals surface area contributed by atoms with E-state index in [2.05, 4.69) is 17.5 Å². The quantitative estimate of drug-likeness (QED) is 0.579. The summed E-state index contributed by atoms with van der Waals surface area (Å²) in [6.07, 6.45) is 5.49. The molecule has 2 bridgehead atoms. The van der Waals surface area contributed by atoms with Gasteiger partial charge in [-0.25, -0.2) is 0 Å². The molecule has 1 aliphatic heterocycles. The molecule has 1 saturated heterocycles. The van der Waals surface area contributed by atoms with Crippen molar-refractivity contribution >= 4 is 29.1 Å². The Labute approximate surface area is 186 Å². The third-order valence-corrected chi connectivity index (χ3v) is 7.47. The maximum Gasteiger partial charge on any atom is 0.255 e. The minimum Gasteiger partial charge on any atom is -0.494 e. The Morgan fingerprint density at radius 2 is 1.53 bits per heavy atom. The lowest BCUT2D eigenvalue weighted by atomic mass is 9.63. The number of imide groups is 1. The topological polar surface area (TPSA) is 75.7 Å². The highest BCUT2D eigenvalue weighted by molar-refractivity contribution is 6.22. The van der Waals surface area contributed by atoms with Gasteiger partial charge < -0.3 is 10.1 Å². The second-order valence-electron chi connectivity index (χ2n) is 9.12. The number of amides is 3. The fourth-order valence-electron chi connectivity index (χ4n) is 5.98. The van der Waals surface area contributed by atoms with Crippen LogP contribution in [0.5, 0.6) is 5.75 Å². The predicted octanol–water partition coefficient (Wildman–Crippen LogP) is 3.90. The maximum atomic E-state index is 13.2. The van der Waals surface area contributed by atoms with E-state index in [0.29, 0.717) is 35.4 Å². The molecule has 4 aliphatic carbocycles. The lowest BCUT2D eigenvalue weighted by molar-refractivity contribution is -0.124. The molecule has 0 radical (unpaired) electrons. The van der Waals surface area contributed by atoms with E-state index < -0.39 is 0 Å². The SMILES string of the molecule is CCOc1ccc(NC(=O)c2ccc(N3C(=O)[C@@H]4[C@H]5C=C[C@@H]([C@@H]6C[C@@H]56)[C@H]4C3=O)cc2)cc1. The van der Waals surface area contributed by atoms with Crippen LogP contribution in [0.25, 0.3) is 0 Å². The van der Waals surface area contributed by atoms with Gasteiger partial charge in [0, 0.05) is 11.3 Å². The smallest absolute Gasteiger partial charge is 0.255 e. The van der Waals surface area contributed by atoms with Crippen molar-refractivity contribution in [2.45, 2.75) is 13.3 Å². The number of nitrogens with one attached hydrogen (secondary N) is 1. The van der Waals surface area contributed by atoms with Crippen molar-refractivity contribution in [3.63, 3.8) is 0 Å². The number of carbonyl (C=O) groups excluding carboxylic acids is 3. The average Bonchev–Trinajstić information content (AvgIpc) is 3.59. The van der Waals surface area contributed by atoms with E-state index in [1.165, 1.54) is 4.90 Å². The zero-order valence-electron chi connectivity index (χ0n) is 17.7. The Balaban J connectivity index is 1.18. The van der Waals surface area contributed by atoms with Gasteiger partial charge in [0.05, 0.1) is 24.1 Å². The summed E-state index contributed by atoms with van der Waals surface area (Å²) >= 11 is 0. The molecule has 1 N–H and O–H groups in total. The highest BCUT2D eigenvalue weighted by atomic mass is 16.5. The first-order valence-electron chi connectivity index (χ1n) is 11.3. The van der Waals surface area contributed by atoms with Crippen LogP contribution in [0.2, 0.25) is 0 Å². The number of ether oxygens (including phenoxy) is 1. The molecule has 32 heavy (non-hydrogen) atoms. The Hall–Kier alpha value is -3.41. The summed E-state index contributed by atoms with van der Waals surface area (Å²) in [6, 6.07) is 13.9. The second-order valence-corrected chi connectivity index (χ2v) is 9.12. The monoisotopic (exact) mass is 428 g/mol. The summed E-state index contributed by atoms with van der Waals surface area (Å²) in [5.41, 5.74) is 1.67. The number of anilines is 2. The summed E-state index contributed by atoms with van der Waals surface area (Å²) in [4.78, 5) is 40.4. The molecule has 7 rings (SSSR count). The minimum absolute atomic E-state index is 0.0868. The standard InChI is InChI=1S/C26H24N2O4/c1-2-32-17-9-5-15(6-10-17)27-24(29)14-3-7-16(8-4-14)28-25(30)22-18-11-12-19(21-13-20(18)21)23(22)26(28)31/h3-12,18-23H,2,13H2,1H3,(H,27,29)/t18-,19-,20-,21-,22+,23+/m0/s1. The molecule has 3 fully saturated rings. The zero-order valence-corrected chi connectivity index (χ0v) is 17.7. The van der Waals surface area contributed by atoms with Crippen LogP contribution in [0.1, 0.15) is 23.7 Å². The van der Waals surface area contributed by atoms with E-state index >= 15 is 0 Å². The van der Waals surface area contributed by atoms with Crippen LogP contribution in [-0.4, -0.2) is 24.3 Å². The molecule has 6 atom stereocenters. The van der Waals surface area contributed by atoms with Crippen LogP contribution in [-0.2, 0) is 9.59 Å². The van der Waals surface area contributed by atoms with Gasteiger partial charge in [0.25, 0.3) is 5.91 Å². The number of benzene rings is 2. The fourth-order valence-corrected chi connectivity index (χ4v) is 5.98. The second kappa shape index (κ2) is 7.05. The summed E-state index contributed by atoms with van der Waals surface area (Å²) < 4.78 is 5.41. The van der Waals surface area contributed by atoms with Gasteiger partial charge in [0.2, 0.25) is 11.8 Å². The van der Waals surface area contributed by atoms with E-state index in [-0.39, 0.29) is 41.4 Å². The van der Waals surface area contributed by atoms with E-state index in [0.717, 1.165) is 12.2 Å². The van der Waals surface area contributed by atoms with Crippen molar-refractivity contribution in [3.8, 4) is 5.75 Å². The molecule has 0 unspecified atom stereocenters. The third-order valence-electron chi connectivity index (χ3n) is 7.47. The number of rotatable bonds is 5. The molecule has 1 heterocycles. The molecule has 162 valence electrons. The number of hydrogen-bond acceptors (Lipinski definition) is 4. The van der Waals surface area contributed by atoms with Crippen LogP contribution in [0, 0.1) is 35.5 Å². The highest BCUT2D eigenvalue weighted by Crippen LogP contribution is 2.65. The van der Waals surface area contributed by atoms with E-state index in [1.807, 2.05) is 6.92 Å². The fraction of sp³-hybridized carbons (Fsp3) is 0.346. The molecule has 0 spiro atoms. The van der Waals surface area contributed by atoms with Crippen molar-refractivity contribution < 1.29 is 19.1 Å².